The number of carbonyl (C=O) groups is 1. The number of carbonyl (C=O) groups excluding carboxylic acids is 1. The fraction of sp³-hybridized carbons (Fsp3) is 0.350. The Balaban J connectivity index is 1.59. The molecule has 0 radical (unpaired) electrons. The van der Waals surface area contributed by atoms with E-state index in [1.165, 1.54) is 19.2 Å². The highest BCUT2D eigenvalue weighted by molar-refractivity contribution is 5.96. The van der Waals surface area contributed by atoms with Crippen LogP contribution in [0.5, 0.6) is 0 Å². The van der Waals surface area contributed by atoms with Crippen LogP contribution in [0.1, 0.15) is 52.2 Å². The lowest BCUT2D eigenvalue weighted by molar-refractivity contribution is 0.0931. The zero-order valence-electron chi connectivity index (χ0n) is 15.1. The van der Waals surface area contributed by atoms with Crippen molar-refractivity contribution in [2.75, 3.05) is 0 Å². The van der Waals surface area contributed by atoms with Crippen LogP contribution in [0.25, 0.3) is 0 Å². The molecule has 3 aromatic rings. The van der Waals surface area contributed by atoms with Gasteiger partial charge >= 0.3 is 0 Å². The van der Waals surface area contributed by atoms with E-state index >= 15 is 0 Å². The third kappa shape index (κ3) is 3.27. The molecule has 1 aliphatic rings. The van der Waals surface area contributed by atoms with Crippen molar-refractivity contribution in [2.24, 2.45) is 0 Å². The Labute approximate surface area is 152 Å². The van der Waals surface area contributed by atoms with Gasteiger partial charge in [0.2, 0.25) is 0 Å². The van der Waals surface area contributed by atoms with Crippen LogP contribution in [0.15, 0.2) is 49.1 Å². The fourth-order valence-electron chi connectivity index (χ4n) is 3.57. The molecular formula is C20H23N5O. The summed E-state index contributed by atoms with van der Waals surface area (Å²) in [6.07, 6.45) is 5.58. The summed E-state index contributed by atoms with van der Waals surface area (Å²) in [5.74, 6) is -0.0426. The van der Waals surface area contributed by atoms with E-state index < -0.39 is 0 Å². The van der Waals surface area contributed by atoms with Gasteiger partial charge in [0.05, 0.1) is 18.2 Å². The number of aromatic nitrogens is 4. The normalized spacial score (nSPS) is 15.0. The second-order valence-electron chi connectivity index (χ2n) is 6.94. The van der Waals surface area contributed by atoms with E-state index in [0.29, 0.717) is 12.6 Å². The monoisotopic (exact) mass is 349 g/mol. The molecule has 6 heteroatoms. The Kier molecular flexibility index (Phi) is 4.32. The van der Waals surface area contributed by atoms with E-state index in [2.05, 4.69) is 26.9 Å². The largest absolute Gasteiger partial charge is 0.345 e. The number of benzene rings is 1. The van der Waals surface area contributed by atoms with Crippen LogP contribution >= 0.6 is 0 Å². The molecular weight excluding hydrogens is 326 g/mol. The lowest BCUT2D eigenvalue weighted by atomic mass is 10.1. The van der Waals surface area contributed by atoms with Gasteiger partial charge in [-0.1, -0.05) is 30.3 Å². The van der Waals surface area contributed by atoms with Crippen molar-refractivity contribution in [3.63, 3.8) is 0 Å². The molecule has 0 unspecified atom stereocenters. The summed E-state index contributed by atoms with van der Waals surface area (Å²) in [6, 6.07) is 12.4. The zero-order chi connectivity index (χ0) is 18.1. The number of nitrogens with zero attached hydrogens (tertiary/aromatic N) is 4. The third-order valence-corrected chi connectivity index (χ3v) is 4.98. The van der Waals surface area contributed by atoms with Crippen LogP contribution < -0.4 is 5.32 Å². The molecule has 26 heavy (non-hydrogen) atoms. The standard InChI is InChI=1S/C20H23N5O/c1-14-10-18(15(2)25(14)17-8-9-17)20(26)23-19(11-24-13-21-12-22-24)16-6-4-3-5-7-16/h3-7,10,12-13,17,19H,8-9,11H2,1-2H3,(H,23,26)/t19-/m0/s1. The third-order valence-electron chi connectivity index (χ3n) is 4.98. The van der Waals surface area contributed by atoms with Crippen molar-refractivity contribution >= 4 is 5.91 Å². The van der Waals surface area contributed by atoms with Gasteiger partial charge in [0.15, 0.2) is 0 Å². The quantitative estimate of drug-likeness (QED) is 0.743. The predicted octanol–water partition coefficient (Wildman–Crippen LogP) is 3.20. The Hall–Kier alpha value is -2.89. The van der Waals surface area contributed by atoms with Gasteiger partial charge in [0.1, 0.15) is 12.7 Å². The van der Waals surface area contributed by atoms with Crippen LogP contribution in [0, 0.1) is 13.8 Å². The summed E-state index contributed by atoms with van der Waals surface area (Å²) in [5, 5.41) is 7.37. The summed E-state index contributed by atoms with van der Waals surface area (Å²) < 4.78 is 4.04. The molecule has 134 valence electrons. The highest BCUT2D eigenvalue weighted by Gasteiger charge is 2.29. The number of aryl methyl sites for hydroxylation is 1. The van der Waals surface area contributed by atoms with Gasteiger partial charge in [-0.05, 0) is 38.3 Å². The van der Waals surface area contributed by atoms with Crippen LogP contribution in [0.4, 0.5) is 0 Å². The van der Waals surface area contributed by atoms with E-state index in [-0.39, 0.29) is 11.9 Å². The number of hydrogen-bond donors (Lipinski definition) is 1. The predicted molar refractivity (Wildman–Crippen MR) is 98.8 cm³/mol. The Morgan fingerprint density at radius 1 is 1.27 bits per heavy atom. The average Bonchev–Trinajstić information content (AvgIpc) is 3.24. The van der Waals surface area contributed by atoms with Crippen LogP contribution in [-0.2, 0) is 6.54 Å². The first-order chi connectivity index (χ1) is 12.6. The van der Waals surface area contributed by atoms with E-state index in [1.807, 2.05) is 43.3 Å². The molecule has 1 aromatic carbocycles. The van der Waals surface area contributed by atoms with Crippen molar-refractivity contribution < 1.29 is 4.79 Å². The van der Waals surface area contributed by atoms with Gasteiger partial charge in [-0.3, -0.25) is 9.48 Å². The summed E-state index contributed by atoms with van der Waals surface area (Å²) in [5.41, 5.74) is 4.01. The molecule has 1 N–H and O–H groups in total. The molecule has 1 aliphatic carbocycles. The molecule has 6 nitrogen and oxygen atoms in total. The number of hydrogen-bond acceptors (Lipinski definition) is 3. The molecule has 2 aromatic heterocycles. The molecule has 1 amide bonds. The first kappa shape index (κ1) is 16.6. The van der Waals surface area contributed by atoms with E-state index in [9.17, 15) is 4.79 Å². The van der Waals surface area contributed by atoms with E-state index in [4.69, 9.17) is 0 Å². The molecule has 1 atom stereocenters. The van der Waals surface area contributed by atoms with Crippen LogP contribution in [-0.4, -0.2) is 25.2 Å². The number of rotatable bonds is 6. The summed E-state index contributed by atoms with van der Waals surface area (Å²) >= 11 is 0. The van der Waals surface area contributed by atoms with Gasteiger partial charge in [-0.15, -0.1) is 0 Å². The second-order valence-corrected chi connectivity index (χ2v) is 6.94. The number of amides is 1. The molecule has 4 rings (SSSR count). The lowest BCUT2D eigenvalue weighted by Gasteiger charge is -2.19. The van der Waals surface area contributed by atoms with E-state index in [0.717, 1.165) is 22.5 Å². The molecule has 0 saturated heterocycles. The smallest absolute Gasteiger partial charge is 0.253 e. The molecule has 0 bridgehead atoms. The lowest BCUT2D eigenvalue weighted by Crippen LogP contribution is -2.32. The highest BCUT2D eigenvalue weighted by Crippen LogP contribution is 2.38. The Bertz CT molecular complexity index is 894. The van der Waals surface area contributed by atoms with Crippen molar-refractivity contribution in [1.29, 1.82) is 0 Å². The van der Waals surface area contributed by atoms with Gasteiger partial charge in [-0.2, -0.15) is 5.10 Å². The maximum absolute atomic E-state index is 13.0. The van der Waals surface area contributed by atoms with Crippen molar-refractivity contribution in [1.82, 2.24) is 24.6 Å². The zero-order valence-corrected chi connectivity index (χ0v) is 15.1. The van der Waals surface area contributed by atoms with Gasteiger partial charge < -0.3 is 9.88 Å². The molecule has 1 saturated carbocycles. The van der Waals surface area contributed by atoms with Crippen molar-refractivity contribution in [3.05, 3.63) is 71.6 Å². The van der Waals surface area contributed by atoms with Crippen LogP contribution in [0.3, 0.4) is 0 Å². The highest BCUT2D eigenvalue weighted by atomic mass is 16.1. The molecule has 2 heterocycles. The first-order valence-corrected chi connectivity index (χ1v) is 9.00. The minimum absolute atomic E-state index is 0.0426. The summed E-state index contributed by atoms with van der Waals surface area (Å²) in [6.45, 7) is 4.65. The van der Waals surface area contributed by atoms with Gasteiger partial charge in [0.25, 0.3) is 5.91 Å². The van der Waals surface area contributed by atoms with Crippen LogP contribution in [0.2, 0.25) is 0 Å². The average molecular weight is 349 g/mol. The first-order valence-electron chi connectivity index (χ1n) is 9.00. The maximum atomic E-state index is 13.0. The Morgan fingerprint density at radius 3 is 2.69 bits per heavy atom. The van der Waals surface area contributed by atoms with Gasteiger partial charge in [0, 0.05) is 17.4 Å². The minimum Gasteiger partial charge on any atom is -0.345 e. The van der Waals surface area contributed by atoms with E-state index in [1.54, 1.807) is 11.0 Å². The summed E-state index contributed by atoms with van der Waals surface area (Å²) in [7, 11) is 0. The molecule has 0 spiro atoms. The molecule has 1 fully saturated rings. The second kappa shape index (κ2) is 6.78. The minimum atomic E-state index is -0.172. The SMILES string of the molecule is Cc1cc(C(=O)N[C@@H](Cn2cncn2)c2ccccc2)c(C)n1C1CC1. The van der Waals surface area contributed by atoms with Crippen molar-refractivity contribution in [3.8, 4) is 0 Å². The number of nitrogens with one attached hydrogen (secondary N) is 1. The molecule has 0 aliphatic heterocycles. The van der Waals surface area contributed by atoms with Crippen molar-refractivity contribution in [2.45, 2.75) is 45.3 Å². The Morgan fingerprint density at radius 2 is 2.04 bits per heavy atom. The summed E-state index contributed by atoms with van der Waals surface area (Å²) in [4.78, 5) is 17.0. The fourth-order valence-corrected chi connectivity index (χ4v) is 3.57. The maximum Gasteiger partial charge on any atom is 0.253 e. The topological polar surface area (TPSA) is 64.7 Å². The van der Waals surface area contributed by atoms with Gasteiger partial charge in [-0.25, -0.2) is 4.98 Å².